The van der Waals surface area contributed by atoms with E-state index in [0.29, 0.717) is 34.7 Å². The molecule has 0 unspecified atom stereocenters. The number of hydrogen-bond acceptors (Lipinski definition) is 5. The number of amides is 1. The molecule has 8 heteroatoms. The Bertz CT molecular complexity index is 910. The summed E-state index contributed by atoms with van der Waals surface area (Å²) >= 11 is 0. The molecule has 0 heterocycles. The molecule has 1 amide bonds. The highest BCUT2D eigenvalue weighted by Gasteiger charge is 2.14. The van der Waals surface area contributed by atoms with Crippen LogP contribution in [0.25, 0.3) is 0 Å². The van der Waals surface area contributed by atoms with Gasteiger partial charge in [-0.15, -0.1) is 0 Å². The van der Waals surface area contributed by atoms with Crippen LogP contribution in [0.5, 0.6) is 11.5 Å². The fourth-order valence-electron chi connectivity index (χ4n) is 2.42. The molecule has 0 aromatic heterocycles. The Hall–Kier alpha value is -2.58. The number of aryl methyl sites for hydroxylation is 2. The molecule has 3 N–H and O–H groups in total. The SMILES string of the molecule is COc1cccc(C(=O)NCCOc2cc(C)c(S(N)(=O)=O)cc2C)c1. The van der Waals surface area contributed by atoms with E-state index in [4.69, 9.17) is 14.6 Å². The van der Waals surface area contributed by atoms with Crippen LogP contribution in [0.3, 0.4) is 0 Å². The van der Waals surface area contributed by atoms with Gasteiger partial charge in [0.25, 0.3) is 5.91 Å². The maximum absolute atomic E-state index is 12.1. The van der Waals surface area contributed by atoms with Crippen LogP contribution in [0.2, 0.25) is 0 Å². The molecule has 26 heavy (non-hydrogen) atoms. The smallest absolute Gasteiger partial charge is 0.251 e. The molecule has 0 radical (unpaired) electrons. The number of rotatable bonds is 7. The van der Waals surface area contributed by atoms with Crippen molar-refractivity contribution in [1.82, 2.24) is 5.32 Å². The number of benzene rings is 2. The van der Waals surface area contributed by atoms with Gasteiger partial charge in [-0.3, -0.25) is 4.79 Å². The third kappa shape index (κ3) is 4.96. The van der Waals surface area contributed by atoms with E-state index >= 15 is 0 Å². The zero-order valence-electron chi connectivity index (χ0n) is 14.9. The van der Waals surface area contributed by atoms with Gasteiger partial charge in [0.2, 0.25) is 10.0 Å². The Morgan fingerprint density at radius 2 is 1.88 bits per heavy atom. The van der Waals surface area contributed by atoms with Crippen LogP contribution >= 0.6 is 0 Å². The van der Waals surface area contributed by atoms with E-state index in [1.165, 1.54) is 13.2 Å². The second-order valence-corrected chi connectivity index (χ2v) is 7.29. The van der Waals surface area contributed by atoms with Crippen LogP contribution in [0.4, 0.5) is 0 Å². The lowest BCUT2D eigenvalue weighted by Crippen LogP contribution is -2.28. The van der Waals surface area contributed by atoms with Gasteiger partial charge >= 0.3 is 0 Å². The van der Waals surface area contributed by atoms with E-state index < -0.39 is 10.0 Å². The largest absolute Gasteiger partial charge is 0.497 e. The average Bonchev–Trinajstić information content (AvgIpc) is 2.60. The summed E-state index contributed by atoms with van der Waals surface area (Å²) in [4.78, 5) is 12.2. The van der Waals surface area contributed by atoms with E-state index in [-0.39, 0.29) is 17.4 Å². The van der Waals surface area contributed by atoms with Crippen LogP contribution < -0.4 is 19.9 Å². The molecule has 0 bridgehead atoms. The lowest BCUT2D eigenvalue weighted by atomic mass is 10.1. The first-order valence-electron chi connectivity index (χ1n) is 7.91. The van der Waals surface area contributed by atoms with Crippen molar-refractivity contribution in [1.29, 1.82) is 0 Å². The summed E-state index contributed by atoms with van der Waals surface area (Å²) < 4.78 is 33.8. The molecule has 140 valence electrons. The highest BCUT2D eigenvalue weighted by molar-refractivity contribution is 7.89. The van der Waals surface area contributed by atoms with Gasteiger partial charge in [0.05, 0.1) is 18.6 Å². The number of carbonyl (C=O) groups is 1. The number of carbonyl (C=O) groups excluding carboxylic acids is 1. The number of primary sulfonamides is 1. The zero-order valence-corrected chi connectivity index (χ0v) is 15.7. The average molecular weight is 378 g/mol. The van der Waals surface area contributed by atoms with Crippen LogP contribution in [-0.4, -0.2) is 34.6 Å². The van der Waals surface area contributed by atoms with Gasteiger partial charge < -0.3 is 14.8 Å². The predicted octanol–water partition coefficient (Wildman–Crippen LogP) is 1.77. The van der Waals surface area contributed by atoms with E-state index in [1.54, 1.807) is 44.2 Å². The van der Waals surface area contributed by atoms with Gasteiger partial charge in [0.1, 0.15) is 18.1 Å². The zero-order chi connectivity index (χ0) is 19.3. The van der Waals surface area contributed by atoms with E-state index in [1.807, 2.05) is 0 Å². The van der Waals surface area contributed by atoms with Crippen LogP contribution in [-0.2, 0) is 10.0 Å². The fraction of sp³-hybridized carbons (Fsp3) is 0.278. The Balaban J connectivity index is 1.94. The molecule has 0 atom stereocenters. The number of ether oxygens (including phenoxy) is 2. The first-order chi connectivity index (χ1) is 12.2. The lowest BCUT2D eigenvalue weighted by Gasteiger charge is -2.13. The van der Waals surface area contributed by atoms with Crippen molar-refractivity contribution in [3.63, 3.8) is 0 Å². The maximum Gasteiger partial charge on any atom is 0.251 e. The summed E-state index contributed by atoms with van der Waals surface area (Å²) in [6.07, 6.45) is 0. The van der Waals surface area contributed by atoms with Gasteiger partial charge in [-0.2, -0.15) is 0 Å². The highest BCUT2D eigenvalue weighted by Crippen LogP contribution is 2.25. The van der Waals surface area contributed by atoms with Gasteiger partial charge in [-0.25, -0.2) is 13.6 Å². The molecule has 0 fully saturated rings. The number of methoxy groups -OCH3 is 1. The van der Waals surface area contributed by atoms with Gasteiger partial charge in [-0.05, 0) is 55.3 Å². The summed E-state index contributed by atoms with van der Waals surface area (Å²) in [5.41, 5.74) is 1.65. The first kappa shape index (κ1) is 19.7. The maximum atomic E-state index is 12.1. The van der Waals surface area contributed by atoms with Crippen molar-refractivity contribution in [2.24, 2.45) is 5.14 Å². The van der Waals surface area contributed by atoms with Crippen LogP contribution in [0.15, 0.2) is 41.3 Å². The molecular weight excluding hydrogens is 356 g/mol. The molecule has 0 saturated heterocycles. The predicted molar refractivity (Wildman–Crippen MR) is 98.1 cm³/mol. The minimum atomic E-state index is -3.77. The molecule has 0 aliphatic heterocycles. The normalized spacial score (nSPS) is 11.1. The Labute approximate surface area is 153 Å². The fourth-order valence-corrected chi connectivity index (χ4v) is 3.27. The van der Waals surface area contributed by atoms with E-state index in [2.05, 4.69) is 5.32 Å². The Morgan fingerprint density at radius 3 is 2.54 bits per heavy atom. The number of sulfonamides is 1. The van der Waals surface area contributed by atoms with Crippen molar-refractivity contribution < 1.29 is 22.7 Å². The van der Waals surface area contributed by atoms with Crippen molar-refractivity contribution >= 4 is 15.9 Å². The van der Waals surface area contributed by atoms with Crippen molar-refractivity contribution in [3.8, 4) is 11.5 Å². The monoisotopic (exact) mass is 378 g/mol. The number of nitrogens with one attached hydrogen (secondary N) is 1. The quantitative estimate of drug-likeness (QED) is 0.714. The van der Waals surface area contributed by atoms with Gasteiger partial charge in [0.15, 0.2) is 0 Å². The number of nitrogens with two attached hydrogens (primary N) is 1. The molecule has 2 aromatic carbocycles. The van der Waals surface area contributed by atoms with Gasteiger partial charge in [-0.1, -0.05) is 6.07 Å². The molecule has 0 saturated carbocycles. The summed E-state index contributed by atoms with van der Waals surface area (Å²) in [6.45, 7) is 3.92. The first-order valence-corrected chi connectivity index (χ1v) is 9.46. The molecule has 0 spiro atoms. The minimum absolute atomic E-state index is 0.0775. The molecule has 2 aromatic rings. The third-order valence-electron chi connectivity index (χ3n) is 3.76. The van der Waals surface area contributed by atoms with Gasteiger partial charge in [0, 0.05) is 5.56 Å². The van der Waals surface area contributed by atoms with Crippen molar-refractivity contribution in [2.75, 3.05) is 20.3 Å². The second kappa shape index (κ2) is 8.20. The molecule has 7 nitrogen and oxygen atoms in total. The Kier molecular flexibility index (Phi) is 6.23. The van der Waals surface area contributed by atoms with E-state index in [9.17, 15) is 13.2 Å². The van der Waals surface area contributed by atoms with E-state index in [0.717, 1.165) is 0 Å². The van der Waals surface area contributed by atoms with Crippen LogP contribution in [0.1, 0.15) is 21.5 Å². The molecular formula is C18H22N2O5S. The second-order valence-electron chi connectivity index (χ2n) is 5.76. The summed E-state index contributed by atoms with van der Waals surface area (Å²) in [7, 11) is -2.23. The molecule has 0 aliphatic rings. The standard InChI is InChI=1S/C18H22N2O5S/c1-12-10-17(26(19,22)23)13(2)9-16(12)25-8-7-20-18(21)14-5-4-6-15(11-14)24-3/h4-6,9-11H,7-8H2,1-3H3,(H,20,21)(H2,19,22,23). The summed E-state index contributed by atoms with van der Waals surface area (Å²) in [6, 6.07) is 9.95. The lowest BCUT2D eigenvalue weighted by molar-refractivity contribution is 0.0946. The third-order valence-corrected chi connectivity index (χ3v) is 4.81. The van der Waals surface area contributed by atoms with Crippen molar-refractivity contribution in [3.05, 3.63) is 53.1 Å². The highest BCUT2D eigenvalue weighted by atomic mass is 32.2. The van der Waals surface area contributed by atoms with Crippen molar-refractivity contribution in [2.45, 2.75) is 18.7 Å². The molecule has 0 aliphatic carbocycles. The topological polar surface area (TPSA) is 108 Å². The summed E-state index contributed by atoms with van der Waals surface area (Å²) in [5, 5.41) is 7.94. The van der Waals surface area contributed by atoms with Crippen LogP contribution in [0, 0.1) is 13.8 Å². The molecule has 2 rings (SSSR count). The summed E-state index contributed by atoms with van der Waals surface area (Å²) in [5.74, 6) is 0.922. The number of hydrogen-bond donors (Lipinski definition) is 2. The Morgan fingerprint density at radius 1 is 1.15 bits per heavy atom. The minimum Gasteiger partial charge on any atom is -0.497 e.